The first kappa shape index (κ1) is 30.3. The Morgan fingerprint density at radius 1 is 0.382 bits per heavy atom. The van der Waals surface area contributed by atoms with E-state index in [1.165, 1.54) is 49.9 Å². The molecule has 3 heteroatoms. The van der Waals surface area contributed by atoms with E-state index in [4.69, 9.17) is 9.97 Å². The van der Waals surface area contributed by atoms with Crippen LogP contribution >= 0.6 is 0 Å². The molecule has 0 unspecified atom stereocenters. The molecule has 0 N–H and O–H groups in total. The maximum Gasteiger partial charge on any atom is 0.0972 e. The third-order valence-corrected chi connectivity index (χ3v) is 11.9. The molecule has 0 saturated carbocycles. The van der Waals surface area contributed by atoms with Gasteiger partial charge in [0.25, 0.3) is 0 Å². The number of rotatable bonds is 3. The van der Waals surface area contributed by atoms with Crippen LogP contribution in [0.3, 0.4) is 0 Å². The highest BCUT2D eigenvalue weighted by Gasteiger charge is 2.53. The molecule has 0 bridgehead atoms. The number of nitrogens with zero attached hydrogens (tertiary/aromatic N) is 3. The lowest BCUT2D eigenvalue weighted by atomic mass is 9.69. The van der Waals surface area contributed by atoms with Crippen LogP contribution in [-0.4, -0.2) is 15.0 Å². The van der Waals surface area contributed by atoms with Crippen LogP contribution in [0.25, 0.3) is 88.6 Å². The molecule has 2 aliphatic carbocycles. The van der Waals surface area contributed by atoms with Crippen molar-refractivity contribution in [2.24, 2.45) is 0 Å². The van der Waals surface area contributed by atoms with Crippen molar-refractivity contribution in [2.75, 3.05) is 0 Å². The van der Waals surface area contributed by atoms with Gasteiger partial charge < -0.3 is 0 Å². The summed E-state index contributed by atoms with van der Waals surface area (Å²) in [5, 5.41) is 3.39. The molecule has 2 aliphatic rings. The Balaban J connectivity index is 0.989. The van der Waals surface area contributed by atoms with Gasteiger partial charge in [0, 0.05) is 39.0 Å². The smallest absolute Gasteiger partial charge is 0.0972 e. The SMILES string of the molecule is c1ccc2c(c1)-c1ccccc1C21c2ccccc2-c2c(-c3ccc(-c4ccc(-c5ccc6ccc7cccnc7c6n5)cc4)cc3)nc3ccccc3c21. The second-order valence-corrected chi connectivity index (χ2v) is 14.7. The summed E-state index contributed by atoms with van der Waals surface area (Å²) in [7, 11) is 0. The molecule has 0 amide bonds. The van der Waals surface area contributed by atoms with Gasteiger partial charge in [0.15, 0.2) is 0 Å². The Morgan fingerprint density at radius 3 is 1.64 bits per heavy atom. The van der Waals surface area contributed by atoms with E-state index >= 15 is 0 Å². The van der Waals surface area contributed by atoms with Gasteiger partial charge in [-0.2, -0.15) is 0 Å². The molecule has 0 atom stereocenters. The third-order valence-electron chi connectivity index (χ3n) is 11.9. The van der Waals surface area contributed by atoms with E-state index < -0.39 is 5.41 Å². The van der Waals surface area contributed by atoms with Gasteiger partial charge in [-0.25, -0.2) is 9.97 Å². The van der Waals surface area contributed by atoms with Crippen LogP contribution in [0.15, 0.2) is 188 Å². The van der Waals surface area contributed by atoms with Crippen LogP contribution in [0.1, 0.15) is 22.3 Å². The molecular weight excluding hydrogens is 667 g/mol. The monoisotopic (exact) mass is 697 g/mol. The molecule has 1 spiro atoms. The van der Waals surface area contributed by atoms with Crippen molar-refractivity contribution in [3.63, 3.8) is 0 Å². The van der Waals surface area contributed by atoms with Gasteiger partial charge in [-0.3, -0.25) is 4.98 Å². The van der Waals surface area contributed by atoms with Crippen molar-refractivity contribution in [2.45, 2.75) is 5.41 Å². The third kappa shape index (κ3) is 4.18. The van der Waals surface area contributed by atoms with Crippen LogP contribution in [0.5, 0.6) is 0 Å². The summed E-state index contributed by atoms with van der Waals surface area (Å²) in [6.45, 7) is 0. The zero-order valence-corrected chi connectivity index (χ0v) is 29.7. The number of benzene rings is 7. The van der Waals surface area contributed by atoms with E-state index in [-0.39, 0.29) is 0 Å². The molecule has 12 rings (SSSR count). The van der Waals surface area contributed by atoms with E-state index in [1.54, 1.807) is 0 Å². The summed E-state index contributed by atoms with van der Waals surface area (Å²) in [4.78, 5) is 15.2. The van der Waals surface area contributed by atoms with E-state index in [0.717, 1.165) is 61.0 Å². The number of hydrogen-bond acceptors (Lipinski definition) is 3. The lowest BCUT2D eigenvalue weighted by Gasteiger charge is -2.31. The van der Waals surface area contributed by atoms with E-state index in [9.17, 15) is 0 Å². The number of para-hydroxylation sites is 1. The fourth-order valence-corrected chi connectivity index (χ4v) is 9.57. The topological polar surface area (TPSA) is 38.7 Å². The molecule has 3 nitrogen and oxygen atoms in total. The van der Waals surface area contributed by atoms with Crippen molar-refractivity contribution in [1.29, 1.82) is 0 Å². The summed E-state index contributed by atoms with van der Waals surface area (Å²) < 4.78 is 0. The average molecular weight is 698 g/mol. The standard InChI is InChI=1S/C52H31N3/c1-5-15-42-38(11-1)39-12-2-6-16-43(39)52(42)44-17-7-3-13-40(44)47-48(52)41-14-4-8-18-46(41)55-49(47)36-25-21-33(22-26-36)32-19-23-34(24-20-32)45-30-29-37-28-27-35-10-9-31-53-50(35)51(37)54-45/h1-31H. The maximum atomic E-state index is 5.46. The normalized spacial score (nSPS) is 13.2. The average Bonchev–Trinajstić information content (AvgIpc) is 3.74. The van der Waals surface area contributed by atoms with Crippen molar-refractivity contribution in [3.8, 4) is 55.9 Å². The Kier molecular flexibility index (Phi) is 6.26. The van der Waals surface area contributed by atoms with E-state index in [1.807, 2.05) is 12.3 Å². The number of fused-ring (bicyclic) bond motifs is 15. The Hall–Kier alpha value is -7.23. The second-order valence-electron chi connectivity index (χ2n) is 14.7. The van der Waals surface area contributed by atoms with Gasteiger partial charge in [0.2, 0.25) is 0 Å². The lowest BCUT2D eigenvalue weighted by molar-refractivity contribution is 0.801. The summed E-state index contributed by atoms with van der Waals surface area (Å²) >= 11 is 0. The van der Waals surface area contributed by atoms with Crippen LogP contribution in [0, 0.1) is 0 Å². The Morgan fingerprint density at radius 2 is 0.927 bits per heavy atom. The molecule has 10 aromatic rings. The molecule has 3 heterocycles. The first-order valence-corrected chi connectivity index (χ1v) is 18.9. The zero-order valence-electron chi connectivity index (χ0n) is 29.7. The van der Waals surface area contributed by atoms with Gasteiger partial charge in [-0.1, -0.05) is 164 Å². The van der Waals surface area contributed by atoms with Crippen LogP contribution in [0.4, 0.5) is 0 Å². The van der Waals surface area contributed by atoms with Crippen LogP contribution < -0.4 is 0 Å². The van der Waals surface area contributed by atoms with Crippen molar-refractivity contribution in [3.05, 3.63) is 210 Å². The van der Waals surface area contributed by atoms with Crippen LogP contribution in [0.2, 0.25) is 0 Å². The number of pyridine rings is 3. The highest BCUT2D eigenvalue weighted by Crippen LogP contribution is 2.65. The zero-order chi connectivity index (χ0) is 36.1. The number of aromatic nitrogens is 3. The van der Waals surface area contributed by atoms with Gasteiger partial charge in [0.1, 0.15) is 0 Å². The summed E-state index contributed by atoms with van der Waals surface area (Å²) in [6.07, 6.45) is 1.84. The fraction of sp³-hybridized carbons (Fsp3) is 0.0192. The fourth-order valence-electron chi connectivity index (χ4n) is 9.57. The number of hydrogen-bond donors (Lipinski definition) is 0. The van der Waals surface area contributed by atoms with Crippen molar-refractivity contribution in [1.82, 2.24) is 15.0 Å². The molecule has 0 aliphatic heterocycles. The molecule has 0 fully saturated rings. The minimum atomic E-state index is -0.443. The minimum absolute atomic E-state index is 0.443. The van der Waals surface area contributed by atoms with Crippen LogP contribution in [-0.2, 0) is 5.41 Å². The quantitative estimate of drug-likeness (QED) is 0.173. The molecule has 3 aromatic heterocycles. The molecule has 254 valence electrons. The minimum Gasteiger partial charge on any atom is -0.254 e. The summed E-state index contributed by atoms with van der Waals surface area (Å²) in [5.74, 6) is 0. The maximum absolute atomic E-state index is 5.46. The molecule has 55 heavy (non-hydrogen) atoms. The summed E-state index contributed by atoms with van der Waals surface area (Å²) in [6, 6.07) is 65.9. The van der Waals surface area contributed by atoms with Gasteiger partial charge in [-0.05, 0) is 68.3 Å². The first-order chi connectivity index (χ1) is 27.3. The molecular formula is C52H31N3. The molecule has 0 radical (unpaired) electrons. The second kappa shape index (κ2) is 11.4. The highest BCUT2D eigenvalue weighted by atomic mass is 14.8. The van der Waals surface area contributed by atoms with Gasteiger partial charge >= 0.3 is 0 Å². The predicted molar refractivity (Wildman–Crippen MR) is 225 cm³/mol. The van der Waals surface area contributed by atoms with E-state index in [2.05, 4.69) is 181 Å². The van der Waals surface area contributed by atoms with Crippen molar-refractivity contribution < 1.29 is 0 Å². The van der Waals surface area contributed by atoms with Gasteiger partial charge in [-0.15, -0.1) is 0 Å². The van der Waals surface area contributed by atoms with Gasteiger partial charge in [0.05, 0.1) is 33.4 Å². The summed E-state index contributed by atoms with van der Waals surface area (Å²) in [5.41, 5.74) is 19.3. The highest BCUT2D eigenvalue weighted by molar-refractivity contribution is 6.07. The molecule has 7 aromatic carbocycles. The largest absolute Gasteiger partial charge is 0.254 e. The Labute approximate surface area is 318 Å². The van der Waals surface area contributed by atoms with Crippen molar-refractivity contribution >= 4 is 32.7 Å². The van der Waals surface area contributed by atoms with E-state index in [0.29, 0.717) is 0 Å². The first-order valence-electron chi connectivity index (χ1n) is 18.9. The lowest BCUT2D eigenvalue weighted by Crippen LogP contribution is -2.26. The molecule has 0 saturated heterocycles. The predicted octanol–water partition coefficient (Wildman–Crippen LogP) is 12.7. The Bertz CT molecular complexity index is 3150.